The second-order valence-electron chi connectivity index (χ2n) is 9.96. The van der Waals surface area contributed by atoms with Crippen LogP contribution < -0.4 is 15.0 Å². The lowest BCUT2D eigenvalue weighted by molar-refractivity contribution is -0.127. The van der Waals surface area contributed by atoms with E-state index < -0.39 is 6.04 Å². The molecular formula is C30H33N5O3. The molecule has 1 saturated carbocycles. The molecule has 38 heavy (non-hydrogen) atoms. The second kappa shape index (κ2) is 11.0. The maximum absolute atomic E-state index is 14.3. The first-order chi connectivity index (χ1) is 18.4. The molecule has 0 bridgehead atoms. The highest BCUT2D eigenvalue weighted by molar-refractivity contribution is 6.02. The molecule has 1 atom stereocenters. The lowest BCUT2D eigenvalue weighted by Gasteiger charge is -2.33. The molecule has 1 aromatic heterocycles. The van der Waals surface area contributed by atoms with E-state index >= 15 is 0 Å². The van der Waals surface area contributed by atoms with Gasteiger partial charge in [-0.25, -0.2) is 4.68 Å². The lowest BCUT2D eigenvalue weighted by Crippen LogP contribution is -2.47. The number of carbonyl (C=O) groups is 2. The SMILES string of the molecule is COc1cccc([C@@H](C(=O)NC2CCCC2)N(C(=O)Cn2nnc3ccccc32)c2cc(C)ccc2C)c1. The van der Waals surface area contributed by atoms with E-state index in [0.717, 1.165) is 42.3 Å². The molecule has 1 aliphatic rings. The molecule has 5 rings (SSSR count). The summed E-state index contributed by atoms with van der Waals surface area (Å²) in [4.78, 5) is 29.9. The number of amides is 2. The number of aryl methyl sites for hydroxylation is 2. The molecule has 8 heteroatoms. The van der Waals surface area contributed by atoms with Gasteiger partial charge in [-0.3, -0.25) is 14.5 Å². The van der Waals surface area contributed by atoms with E-state index in [4.69, 9.17) is 4.74 Å². The van der Waals surface area contributed by atoms with E-state index in [1.54, 1.807) is 16.7 Å². The van der Waals surface area contributed by atoms with E-state index in [1.807, 2.05) is 80.6 Å². The monoisotopic (exact) mass is 511 g/mol. The second-order valence-corrected chi connectivity index (χ2v) is 9.96. The molecule has 0 aliphatic heterocycles. The standard InChI is InChI=1S/C30H33N5O3/c1-20-15-16-21(2)27(17-20)35(28(36)19-34-26-14-7-6-13-25(26)32-33-34)29(22-9-8-12-24(18-22)38-3)30(37)31-23-10-4-5-11-23/h6-9,12-18,23,29H,4-5,10-11,19H2,1-3H3,(H,31,37)/t29-/m0/s1. The Morgan fingerprint density at radius 2 is 1.84 bits per heavy atom. The van der Waals surface area contributed by atoms with Gasteiger partial charge in [-0.1, -0.05) is 54.5 Å². The molecule has 1 heterocycles. The van der Waals surface area contributed by atoms with Crippen molar-refractivity contribution in [1.82, 2.24) is 20.3 Å². The van der Waals surface area contributed by atoms with Crippen LogP contribution in [-0.2, 0) is 16.1 Å². The molecule has 0 unspecified atom stereocenters. The van der Waals surface area contributed by atoms with Gasteiger partial charge in [-0.05, 0) is 73.7 Å². The van der Waals surface area contributed by atoms with E-state index in [0.29, 0.717) is 22.5 Å². The van der Waals surface area contributed by atoms with Gasteiger partial charge < -0.3 is 10.1 Å². The van der Waals surface area contributed by atoms with Crippen LogP contribution in [0, 0.1) is 13.8 Å². The average Bonchev–Trinajstić information content (AvgIpc) is 3.59. The Bertz CT molecular complexity index is 1460. The molecule has 0 spiro atoms. The molecule has 196 valence electrons. The first-order valence-electron chi connectivity index (χ1n) is 13.1. The number of anilines is 1. The topological polar surface area (TPSA) is 89.4 Å². The highest BCUT2D eigenvalue weighted by atomic mass is 16.5. The van der Waals surface area contributed by atoms with E-state index in [9.17, 15) is 9.59 Å². The fourth-order valence-electron chi connectivity index (χ4n) is 5.21. The number of fused-ring (bicyclic) bond motifs is 1. The minimum absolute atomic E-state index is 0.0644. The largest absolute Gasteiger partial charge is 0.497 e. The number of methoxy groups -OCH3 is 1. The lowest BCUT2D eigenvalue weighted by atomic mass is 10.00. The van der Waals surface area contributed by atoms with Gasteiger partial charge >= 0.3 is 0 Å². The third kappa shape index (κ3) is 5.25. The predicted molar refractivity (Wildman–Crippen MR) is 147 cm³/mol. The number of hydrogen-bond donors (Lipinski definition) is 1. The number of rotatable bonds is 8. The summed E-state index contributed by atoms with van der Waals surface area (Å²) in [5.41, 5.74) is 4.73. The number of benzene rings is 3. The molecule has 1 N–H and O–H groups in total. The summed E-state index contributed by atoms with van der Waals surface area (Å²) in [7, 11) is 1.59. The molecule has 0 radical (unpaired) electrons. The van der Waals surface area contributed by atoms with Gasteiger partial charge in [-0.2, -0.15) is 0 Å². The van der Waals surface area contributed by atoms with Gasteiger partial charge in [0.2, 0.25) is 11.8 Å². The van der Waals surface area contributed by atoms with Crippen LogP contribution >= 0.6 is 0 Å². The van der Waals surface area contributed by atoms with Crippen molar-refractivity contribution in [3.63, 3.8) is 0 Å². The number of hydrogen-bond acceptors (Lipinski definition) is 5. The fourth-order valence-corrected chi connectivity index (χ4v) is 5.21. The summed E-state index contributed by atoms with van der Waals surface area (Å²) in [6, 6.07) is 20.1. The summed E-state index contributed by atoms with van der Waals surface area (Å²) in [6.07, 6.45) is 4.07. The van der Waals surface area contributed by atoms with Gasteiger partial charge in [0.1, 0.15) is 23.9 Å². The van der Waals surface area contributed by atoms with Gasteiger partial charge in [0.05, 0.1) is 12.6 Å². The molecule has 8 nitrogen and oxygen atoms in total. The molecule has 1 fully saturated rings. The number of ether oxygens (including phenoxy) is 1. The zero-order valence-corrected chi connectivity index (χ0v) is 22.1. The Hall–Kier alpha value is -4.20. The first-order valence-corrected chi connectivity index (χ1v) is 13.1. The fraction of sp³-hybridized carbons (Fsp3) is 0.333. The smallest absolute Gasteiger partial charge is 0.249 e. The Kier molecular flexibility index (Phi) is 7.40. The minimum Gasteiger partial charge on any atom is -0.497 e. The van der Waals surface area contributed by atoms with Crippen LogP contribution in [0.15, 0.2) is 66.7 Å². The van der Waals surface area contributed by atoms with Crippen LogP contribution in [0.25, 0.3) is 11.0 Å². The summed E-state index contributed by atoms with van der Waals surface area (Å²) >= 11 is 0. The Morgan fingerprint density at radius 3 is 2.63 bits per heavy atom. The van der Waals surface area contributed by atoms with Crippen molar-refractivity contribution < 1.29 is 14.3 Å². The number of para-hydroxylation sites is 1. The molecule has 2 amide bonds. The maximum Gasteiger partial charge on any atom is 0.249 e. The van der Waals surface area contributed by atoms with Gasteiger partial charge in [0.25, 0.3) is 0 Å². The van der Waals surface area contributed by atoms with Gasteiger partial charge in [0.15, 0.2) is 0 Å². The van der Waals surface area contributed by atoms with Crippen molar-refractivity contribution in [2.45, 2.75) is 58.2 Å². The zero-order valence-electron chi connectivity index (χ0n) is 22.1. The minimum atomic E-state index is -0.895. The van der Waals surface area contributed by atoms with Crippen LogP contribution in [0.4, 0.5) is 5.69 Å². The quantitative estimate of drug-likeness (QED) is 0.364. The summed E-state index contributed by atoms with van der Waals surface area (Å²) < 4.78 is 7.07. The highest BCUT2D eigenvalue weighted by Crippen LogP contribution is 2.34. The first kappa shape index (κ1) is 25.4. The van der Waals surface area contributed by atoms with Gasteiger partial charge in [0, 0.05) is 11.7 Å². The van der Waals surface area contributed by atoms with Crippen molar-refractivity contribution in [2.24, 2.45) is 0 Å². The third-order valence-electron chi connectivity index (χ3n) is 7.22. The summed E-state index contributed by atoms with van der Waals surface area (Å²) in [6.45, 7) is 3.87. The van der Waals surface area contributed by atoms with Crippen molar-refractivity contribution >= 4 is 28.5 Å². The van der Waals surface area contributed by atoms with Crippen molar-refractivity contribution in [1.29, 1.82) is 0 Å². The maximum atomic E-state index is 14.3. The van der Waals surface area contributed by atoms with Crippen molar-refractivity contribution in [3.05, 3.63) is 83.4 Å². The number of carbonyl (C=O) groups excluding carboxylic acids is 2. The highest BCUT2D eigenvalue weighted by Gasteiger charge is 2.35. The summed E-state index contributed by atoms with van der Waals surface area (Å²) in [5, 5.41) is 11.7. The van der Waals surface area contributed by atoms with E-state index in [-0.39, 0.29) is 24.4 Å². The number of nitrogens with one attached hydrogen (secondary N) is 1. The molecular weight excluding hydrogens is 478 g/mol. The average molecular weight is 512 g/mol. The van der Waals surface area contributed by atoms with Crippen molar-refractivity contribution in [2.75, 3.05) is 12.0 Å². The normalized spacial score (nSPS) is 14.4. The van der Waals surface area contributed by atoms with Gasteiger partial charge in [-0.15, -0.1) is 5.10 Å². The predicted octanol–water partition coefficient (Wildman–Crippen LogP) is 4.89. The Morgan fingerprint density at radius 1 is 1.05 bits per heavy atom. The van der Waals surface area contributed by atoms with Crippen LogP contribution in [0.2, 0.25) is 0 Å². The Balaban J connectivity index is 1.62. The molecule has 3 aromatic carbocycles. The number of nitrogens with zero attached hydrogens (tertiary/aromatic N) is 4. The molecule has 1 aliphatic carbocycles. The Labute approximate surface area is 222 Å². The van der Waals surface area contributed by atoms with Crippen LogP contribution in [-0.4, -0.2) is 40.0 Å². The van der Waals surface area contributed by atoms with Crippen LogP contribution in [0.5, 0.6) is 5.75 Å². The molecule has 0 saturated heterocycles. The van der Waals surface area contributed by atoms with E-state index in [1.165, 1.54) is 0 Å². The number of aromatic nitrogens is 3. The molecule has 4 aromatic rings. The zero-order chi connectivity index (χ0) is 26.6. The van der Waals surface area contributed by atoms with Crippen LogP contribution in [0.1, 0.15) is 48.4 Å². The third-order valence-corrected chi connectivity index (χ3v) is 7.22. The van der Waals surface area contributed by atoms with Crippen molar-refractivity contribution in [3.8, 4) is 5.75 Å². The van der Waals surface area contributed by atoms with E-state index in [2.05, 4.69) is 15.6 Å². The van der Waals surface area contributed by atoms with Crippen LogP contribution in [0.3, 0.4) is 0 Å². The summed E-state index contributed by atoms with van der Waals surface area (Å²) in [5.74, 6) is 0.156.